The number of amides is 2. The largest absolute Gasteiger partial charge is 0.393 e. The first-order valence-electron chi connectivity index (χ1n) is 7.93. The van der Waals surface area contributed by atoms with Gasteiger partial charge in [0.15, 0.2) is 0 Å². The van der Waals surface area contributed by atoms with E-state index in [0.717, 1.165) is 4.88 Å². The zero-order chi connectivity index (χ0) is 16.3. The molecule has 23 heavy (non-hydrogen) atoms. The first-order chi connectivity index (χ1) is 11.1. The molecule has 1 aliphatic rings. The number of benzene rings is 1. The minimum atomic E-state index is -1.04. The monoisotopic (exact) mass is 334 g/mol. The predicted octanol–water partition coefficient (Wildman–Crippen LogP) is 2.32. The Morgan fingerprint density at radius 1 is 1.30 bits per heavy atom. The fraction of sp³-hybridized carbons (Fsp3) is 0.471. The third kappa shape index (κ3) is 3.83. The van der Waals surface area contributed by atoms with Crippen molar-refractivity contribution in [2.75, 3.05) is 19.7 Å². The lowest BCUT2D eigenvalue weighted by molar-refractivity contribution is -0.0248. The van der Waals surface area contributed by atoms with Crippen LogP contribution >= 0.6 is 11.3 Å². The van der Waals surface area contributed by atoms with E-state index in [0.29, 0.717) is 38.9 Å². The van der Waals surface area contributed by atoms with E-state index >= 15 is 0 Å². The second kappa shape index (κ2) is 6.86. The lowest BCUT2D eigenvalue weighted by atomic mass is 9.96. The Balaban J connectivity index is 1.56. The standard InChI is InChI=1S/C17H22N2O3S/c20-12-17(22)6-3-8-19(9-7-17)16(21)18-11-14-10-13-4-1-2-5-15(13)23-14/h1-2,4-5,10,20,22H,3,6-9,11-12H2,(H,18,21). The van der Waals surface area contributed by atoms with Gasteiger partial charge in [0.1, 0.15) is 0 Å². The van der Waals surface area contributed by atoms with Gasteiger partial charge in [-0.3, -0.25) is 0 Å². The van der Waals surface area contributed by atoms with Gasteiger partial charge in [0.25, 0.3) is 0 Å². The van der Waals surface area contributed by atoms with Crippen LogP contribution in [0.25, 0.3) is 10.1 Å². The molecule has 2 amide bonds. The summed E-state index contributed by atoms with van der Waals surface area (Å²) in [7, 11) is 0. The molecule has 1 aliphatic heterocycles. The van der Waals surface area contributed by atoms with Gasteiger partial charge in [-0.05, 0) is 36.8 Å². The molecule has 1 aromatic heterocycles. The Hall–Kier alpha value is -1.63. The molecular formula is C17H22N2O3S. The lowest BCUT2D eigenvalue weighted by Crippen LogP contribution is -2.41. The van der Waals surface area contributed by atoms with Gasteiger partial charge in [-0.1, -0.05) is 18.2 Å². The summed E-state index contributed by atoms with van der Waals surface area (Å²) < 4.78 is 1.22. The number of thiophene rings is 1. The number of aliphatic hydroxyl groups is 2. The van der Waals surface area contributed by atoms with Gasteiger partial charge >= 0.3 is 6.03 Å². The summed E-state index contributed by atoms with van der Waals surface area (Å²) in [5, 5.41) is 23.5. The summed E-state index contributed by atoms with van der Waals surface area (Å²) in [6, 6.07) is 10.2. The maximum absolute atomic E-state index is 12.3. The molecule has 0 spiro atoms. The van der Waals surface area contributed by atoms with E-state index in [1.807, 2.05) is 12.1 Å². The summed E-state index contributed by atoms with van der Waals surface area (Å²) in [6.45, 7) is 1.35. The fourth-order valence-corrected chi connectivity index (χ4v) is 3.94. The van der Waals surface area contributed by atoms with Crippen LogP contribution in [0.15, 0.2) is 30.3 Å². The highest BCUT2D eigenvalue weighted by Crippen LogP contribution is 2.25. The molecule has 1 saturated heterocycles. The van der Waals surface area contributed by atoms with Crippen LogP contribution in [0.1, 0.15) is 24.1 Å². The maximum atomic E-state index is 12.3. The lowest BCUT2D eigenvalue weighted by Gasteiger charge is -2.24. The van der Waals surface area contributed by atoms with E-state index in [2.05, 4.69) is 23.5 Å². The number of hydrogen-bond acceptors (Lipinski definition) is 4. The number of urea groups is 1. The molecular weight excluding hydrogens is 312 g/mol. The Bertz CT molecular complexity index is 654. The Morgan fingerprint density at radius 3 is 2.91 bits per heavy atom. The van der Waals surface area contributed by atoms with E-state index in [4.69, 9.17) is 0 Å². The molecule has 1 aromatic carbocycles. The van der Waals surface area contributed by atoms with Crippen LogP contribution in [0.4, 0.5) is 4.79 Å². The molecule has 2 heterocycles. The fourth-order valence-electron chi connectivity index (χ4n) is 2.94. The Morgan fingerprint density at radius 2 is 2.13 bits per heavy atom. The molecule has 2 aromatic rings. The van der Waals surface area contributed by atoms with Gasteiger partial charge in [-0.15, -0.1) is 11.3 Å². The third-order valence-electron chi connectivity index (χ3n) is 4.39. The zero-order valence-corrected chi connectivity index (χ0v) is 13.8. The molecule has 3 N–H and O–H groups in total. The van der Waals surface area contributed by atoms with Crippen LogP contribution in [0, 0.1) is 0 Å². The maximum Gasteiger partial charge on any atom is 0.317 e. The van der Waals surface area contributed by atoms with E-state index in [-0.39, 0.29) is 12.6 Å². The molecule has 6 heteroatoms. The van der Waals surface area contributed by atoms with Crippen molar-refractivity contribution in [1.29, 1.82) is 0 Å². The summed E-state index contributed by atoms with van der Waals surface area (Å²) >= 11 is 1.69. The highest BCUT2D eigenvalue weighted by atomic mass is 32.1. The van der Waals surface area contributed by atoms with Crippen molar-refractivity contribution in [3.8, 4) is 0 Å². The summed E-state index contributed by atoms with van der Waals surface area (Å²) in [5.74, 6) is 0. The van der Waals surface area contributed by atoms with Crippen molar-refractivity contribution < 1.29 is 15.0 Å². The molecule has 0 saturated carbocycles. The van der Waals surface area contributed by atoms with Gasteiger partial charge in [0.2, 0.25) is 0 Å². The number of rotatable bonds is 3. The summed E-state index contributed by atoms with van der Waals surface area (Å²) in [5.41, 5.74) is -1.04. The SMILES string of the molecule is O=C(NCc1cc2ccccc2s1)N1CCCC(O)(CO)CC1. The number of fused-ring (bicyclic) bond motifs is 1. The predicted molar refractivity (Wildman–Crippen MR) is 91.5 cm³/mol. The Kier molecular flexibility index (Phi) is 4.84. The van der Waals surface area contributed by atoms with Crippen molar-refractivity contribution in [2.45, 2.75) is 31.4 Å². The number of likely N-dealkylation sites (tertiary alicyclic amines) is 1. The van der Waals surface area contributed by atoms with Crippen LogP contribution < -0.4 is 5.32 Å². The van der Waals surface area contributed by atoms with Crippen LogP contribution in [0.5, 0.6) is 0 Å². The average molecular weight is 334 g/mol. The van der Waals surface area contributed by atoms with Gasteiger partial charge in [0.05, 0.1) is 18.8 Å². The number of aliphatic hydroxyl groups excluding tert-OH is 1. The Labute approximate surface area is 139 Å². The number of carbonyl (C=O) groups excluding carboxylic acids is 1. The van der Waals surface area contributed by atoms with Gasteiger partial charge in [0, 0.05) is 22.7 Å². The number of nitrogens with zero attached hydrogens (tertiary/aromatic N) is 1. The second-order valence-electron chi connectivity index (χ2n) is 6.13. The average Bonchev–Trinajstić information content (AvgIpc) is 2.88. The zero-order valence-electron chi connectivity index (χ0n) is 13.0. The minimum absolute atomic E-state index is 0.107. The number of nitrogens with one attached hydrogen (secondary N) is 1. The van der Waals surface area contributed by atoms with Crippen LogP contribution in [0.3, 0.4) is 0 Å². The van der Waals surface area contributed by atoms with Crippen molar-refractivity contribution in [3.63, 3.8) is 0 Å². The second-order valence-corrected chi connectivity index (χ2v) is 7.30. The van der Waals surface area contributed by atoms with E-state index < -0.39 is 5.60 Å². The normalized spacial score (nSPS) is 22.1. The third-order valence-corrected chi connectivity index (χ3v) is 5.51. The molecule has 1 atom stereocenters. The topological polar surface area (TPSA) is 72.8 Å². The molecule has 1 unspecified atom stereocenters. The molecule has 1 fully saturated rings. The van der Waals surface area contributed by atoms with Crippen LogP contribution in [-0.4, -0.2) is 46.4 Å². The van der Waals surface area contributed by atoms with Crippen LogP contribution in [-0.2, 0) is 6.54 Å². The molecule has 124 valence electrons. The van der Waals surface area contributed by atoms with Crippen molar-refractivity contribution >= 4 is 27.5 Å². The van der Waals surface area contributed by atoms with Gasteiger partial charge in [-0.25, -0.2) is 4.79 Å². The molecule has 0 radical (unpaired) electrons. The number of carbonyl (C=O) groups is 1. The molecule has 0 bridgehead atoms. The quantitative estimate of drug-likeness (QED) is 0.806. The van der Waals surface area contributed by atoms with Crippen LogP contribution in [0.2, 0.25) is 0 Å². The van der Waals surface area contributed by atoms with Crippen molar-refractivity contribution in [3.05, 3.63) is 35.2 Å². The summed E-state index contributed by atoms with van der Waals surface area (Å²) in [4.78, 5) is 15.2. The smallest absolute Gasteiger partial charge is 0.317 e. The van der Waals surface area contributed by atoms with Gasteiger partial charge in [-0.2, -0.15) is 0 Å². The first-order valence-corrected chi connectivity index (χ1v) is 8.75. The molecule has 3 rings (SSSR count). The molecule has 0 aliphatic carbocycles. The van der Waals surface area contributed by atoms with Crippen molar-refractivity contribution in [1.82, 2.24) is 10.2 Å². The van der Waals surface area contributed by atoms with E-state index in [1.54, 1.807) is 16.2 Å². The van der Waals surface area contributed by atoms with Gasteiger partial charge < -0.3 is 20.4 Å². The first kappa shape index (κ1) is 16.2. The van der Waals surface area contributed by atoms with E-state index in [1.165, 1.54) is 10.1 Å². The minimum Gasteiger partial charge on any atom is -0.393 e. The summed E-state index contributed by atoms with van der Waals surface area (Å²) in [6.07, 6.45) is 1.65. The van der Waals surface area contributed by atoms with E-state index in [9.17, 15) is 15.0 Å². The number of hydrogen-bond donors (Lipinski definition) is 3. The highest BCUT2D eigenvalue weighted by molar-refractivity contribution is 7.19. The molecule has 5 nitrogen and oxygen atoms in total. The highest BCUT2D eigenvalue weighted by Gasteiger charge is 2.30. The van der Waals surface area contributed by atoms with Crippen molar-refractivity contribution in [2.24, 2.45) is 0 Å².